The van der Waals surface area contributed by atoms with Crippen LogP contribution >= 0.6 is 11.8 Å². The molecule has 0 rings (SSSR count). The van der Waals surface area contributed by atoms with Gasteiger partial charge in [-0.05, 0) is 0 Å². The SMILES string of the molecule is O=[N+]([O-])Cl.[Pt]. The molecular formula is ClNO2Pt. The van der Waals surface area contributed by atoms with Gasteiger partial charge in [-0.15, -0.1) is 0 Å². The van der Waals surface area contributed by atoms with Crippen LogP contribution in [0.4, 0.5) is 0 Å². The van der Waals surface area contributed by atoms with E-state index in [1.54, 1.807) is 0 Å². The summed E-state index contributed by atoms with van der Waals surface area (Å²) in [6.45, 7) is 0. The van der Waals surface area contributed by atoms with Crippen LogP contribution in [0.2, 0.25) is 0 Å². The Balaban J connectivity index is 0. The molecule has 0 bridgehead atoms. The van der Waals surface area contributed by atoms with Gasteiger partial charge >= 0.3 is 11.8 Å². The van der Waals surface area contributed by atoms with Crippen molar-refractivity contribution in [2.24, 2.45) is 0 Å². The zero-order chi connectivity index (χ0) is 3.58. The summed E-state index contributed by atoms with van der Waals surface area (Å²) in [7, 11) is 0. The van der Waals surface area contributed by atoms with Gasteiger partial charge < -0.3 is 0 Å². The predicted molar refractivity (Wildman–Crippen MR) is 12.8 cm³/mol. The number of rotatable bonds is 0. The Bertz CT molecular complexity index is 32.6. The van der Waals surface area contributed by atoms with Crippen LogP contribution in [0.25, 0.3) is 0 Å². The van der Waals surface area contributed by atoms with Gasteiger partial charge in [-0.25, -0.2) is 10.1 Å². The van der Waals surface area contributed by atoms with Crippen LogP contribution in [0.1, 0.15) is 0 Å². The van der Waals surface area contributed by atoms with Crippen molar-refractivity contribution in [2.75, 3.05) is 0 Å². The molecule has 0 atom stereocenters. The van der Waals surface area contributed by atoms with Gasteiger partial charge in [0.15, 0.2) is 4.44 Å². The molecule has 3 nitrogen and oxygen atoms in total. The fourth-order valence-corrected chi connectivity index (χ4v) is 0. The van der Waals surface area contributed by atoms with Gasteiger partial charge in [0.2, 0.25) is 0 Å². The molecule has 0 fully saturated rings. The van der Waals surface area contributed by atoms with Crippen molar-refractivity contribution < 1.29 is 25.5 Å². The molecule has 0 unspecified atom stereocenters. The van der Waals surface area contributed by atoms with E-state index in [0.717, 1.165) is 0 Å². The molecule has 0 heterocycles. The van der Waals surface area contributed by atoms with Gasteiger partial charge in [0, 0.05) is 21.1 Å². The number of hydrogen-bond acceptors (Lipinski definition) is 2. The second-order valence-corrected chi connectivity index (χ2v) is 0.489. The van der Waals surface area contributed by atoms with Crippen LogP contribution in [0, 0.1) is 10.1 Å². The van der Waals surface area contributed by atoms with Gasteiger partial charge in [-0.1, -0.05) is 0 Å². The number of nitrogens with zero attached hydrogens (tertiary/aromatic N) is 1. The van der Waals surface area contributed by atoms with Crippen molar-refractivity contribution in [1.82, 2.24) is 0 Å². The van der Waals surface area contributed by atoms with E-state index in [0.29, 0.717) is 0 Å². The molecule has 5 heavy (non-hydrogen) atoms. The number of halogens is 1. The first-order valence-electron chi connectivity index (χ1n) is 0.534. The van der Waals surface area contributed by atoms with Gasteiger partial charge in [-0.3, -0.25) is 0 Å². The maximum Gasteiger partial charge on any atom is 0.333 e. The normalized spacial score (nSPS) is 5.00. The standard InChI is InChI=1S/ClNO2.Pt/c1-2(3)4;. The van der Waals surface area contributed by atoms with Crippen molar-refractivity contribution in [3.63, 3.8) is 0 Å². The van der Waals surface area contributed by atoms with Crippen molar-refractivity contribution in [1.29, 1.82) is 0 Å². The fourth-order valence-electron chi connectivity index (χ4n) is 0. The Labute approximate surface area is 47.8 Å². The zero-order valence-electron chi connectivity index (χ0n) is 1.96. The molecule has 5 heteroatoms. The molecule has 0 aliphatic heterocycles. The third kappa shape index (κ3) is 173. The Kier molecular flexibility index (Phi) is 7.91. The van der Waals surface area contributed by atoms with Crippen LogP contribution in [-0.2, 0) is 21.1 Å². The molecule has 0 aliphatic carbocycles. The minimum atomic E-state index is -1.03. The fraction of sp³-hybridized carbons (Fsp3) is 0. The summed E-state index contributed by atoms with van der Waals surface area (Å²) in [5.74, 6) is 0. The predicted octanol–water partition coefficient (Wildman–Crippen LogP) is 0.414. The van der Waals surface area contributed by atoms with Crippen molar-refractivity contribution >= 4 is 11.8 Å². The van der Waals surface area contributed by atoms with Crippen molar-refractivity contribution in [2.45, 2.75) is 0 Å². The summed E-state index contributed by atoms with van der Waals surface area (Å²) in [6, 6.07) is 0. The van der Waals surface area contributed by atoms with Gasteiger partial charge in [0.1, 0.15) is 0 Å². The second kappa shape index (κ2) is 4.38. The van der Waals surface area contributed by atoms with E-state index in [1.165, 1.54) is 0 Å². The Morgan fingerprint density at radius 2 is 1.80 bits per heavy atom. The molecule has 34 valence electrons. The maximum absolute atomic E-state index is 8.57. The van der Waals surface area contributed by atoms with E-state index in [2.05, 4.69) is 11.8 Å². The molecule has 0 radical (unpaired) electrons. The average molecular weight is 277 g/mol. The largest absolute Gasteiger partial charge is 0.333 e. The molecule has 0 spiro atoms. The van der Waals surface area contributed by atoms with E-state index in [1.807, 2.05) is 0 Å². The van der Waals surface area contributed by atoms with Crippen LogP contribution in [0.5, 0.6) is 0 Å². The zero-order valence-corrected chi connectivity index (χ0v) is 4.99. The molecule has 0 saturated carbocycles. The van der Waals surface area contributed by atoms with Crippen LogP contribution in [0.15, 0.2) is 0 Å². The summed E-state index contributed by atoms with van der Waals surface area (Å²) in [5.41, 5.74) is 0. The summed E-state index contributed by atoms with van der Waals surface area (Å²) in [4.78, 5) is 8.57. The molecule has 0 aromatic heterocycles. The second-order valence-electron chi connectivity index (χ2n) is 0.213. The Morgan fingerprint density at radius 1 is 1.80 bits per heavy atom. The first kappa shape index (κ1) is 9.03. The molecule has 0 aromatic rings. The number of nitro groups is 1. The molecule has 0 N–H and O–H groups in total. The molecule has 0 aromatic carbocycles. The minimum absolute atomic E-state index is 0. The first-order valence-corrected chi connectivity index (χ1v) is 0.872. The smallest absolute Gasteiger partial charge is 0.243 e. The van der Waals surface area contributed by atoms with E-state index >= 15 is 0 Å². The Morgan fingerprint density at radius 3 is 1.80 bits per heavy atom. The molecule has 0 aliphatic rings. The topological polar surface area (TPSA) is 43.1 Å². The van der Waals surface area contributed by atoms with Gasteiger partial charge in [0.25, 0.3) is 0 Å². The molecule has 0 amide bonds. The van der Waals surface area contributed by atoms with Crippen LogP contribution < -0.4 is 0 Å². The first-order chi connectivity index (χ1) is 1.73. The monoisotopic (exact) mass is 276 g/mol. The van der Waals surface area contributed by atoms with E-state index < -0.39 is 4.44 Å². The van der Waals surface area contributed by atoms with E-state index in [4.69, 9.17) is 10.1 Å². The summed E-state index contributed by atoms with van der Waals surface area (Å²) in [5, 5.41) is 8.57. The van der Waals surface area contributed by atoms with Crippen molar-refractivity contribution in [3.8, 4) is 0 Å². The van der Waals surface area contributed by atoms with Gasteiger partial charge in [-0.2, -0.15) is 0 Å². The third-order valence-electron chi connectivity index (χ3n) is 0. The minimum Gasteiger partial charge on any atom is -0.243 e. The quantitative estimate of drug-likeness (QED) is 0.365. The van der Waals surface area contributed by atoms with Crippen LogP contribution in [-0.4, -0.2) is 4.44 Å². The summed E-state index contributed by atoms with van der Waals surface area (Å²) >= 11 is 4.00. The van der Waals surface area contributed by atoms with Crippen LogP contribution in [0.3, 0.4) is 0 Å². The average Bonchev–Trinajstić information content (AvgIpc) is 0.811. The van der Waals surface area contributed by atoms with E-state index in [-0.39, 0.29) is 21.1 Å². The summed E-state index contributed by atoms with van der Waals surface area (Å²) < 4.78 is -1.03. The third-order valence-corrected chi connectivity index (χ3v) is 0. The Hall–Kier alpha value is 0.378. The number of hydrogen-bond donors (Lipinski definition) is 0. The molecule has 0 saturated heterocycles. The summed E-state index contributed by atoms with van der Waals surface area (Å²) in [6.07, 6.45) is 0. The van der Waals surface area contributed by atoms with E-state index in [9.17, 15) is 0 Å². The molecular weight excluding hydrogens is 277 g/mol. The maximum atomic E-state index is 8.57. The van der Waals surface area contributed by atoms with Crippen molar-refractivity contribution in [3.05, 3.63) is 10.1 Å². The van der Waals surface area contributed by atoms with Gasteiger partial charge in [0.05, 0.1) is 0 Å².